The summed E-state index contributed by atoms with van der Waals surface area (Å²) in [7, 11) is 0. The van der Waals surface area contributed by atoms with Gasteiger partial charge in [0.25, 0.3) is 0 Å². The van der Waals surface area contributed by atoms with Gasteiger partial charge in [-0.15, -0.1) is 0 Å². The number of aryl methyl sites for hydroxylation is 1. The molecule has 0 atom stereocenters. The van der Waals surface area contributed by atoms with Crippen molar-refractivity contribution in [2.45, 2.75) is 20.3 Å². The van der Waals surface area contributed by atoms with Gasteiger partial charge in [-0.25, -0.2) is 19.9 Å². The molecule has 0 saturated heterocycles. The average molecular weight is 269 g/mol. The van der Waals surface area contributed by atoms with E-state index in [0.29, 0.717) is 11.6 Å². The van der Waals surface area contributed by atoms with Crippen LogP contribution in [0.25, 0.3) is 16.9 Å². The van der Waals surface area contributed by atoms with E-state index in [2.05, 4.69) is 37.3 Å². The van der Waals surface area contributed by atoms with Crippen LogP contribution in [0, 0.1) is 6.92 Å². The van der Waals surface area contributed by atoms with Gasteiger partial charge < -0.3 is 5.32 Å². The smallest absolute Gasteiger partial charge is 0.170 e. The number of aromatic nitrogens is 6. The van der Waals surface area contributed by atoms with E-state index in [1.165, 1.54) is 6.33 Å². The van der Waals surface area contributed by atoms with Gasteiger partial charge in [-0.05, 0) is 13.3 Å². The van der Waals surface area contributed by atoms with Crippen molar-refractivity contribution in [2.75, 3.05) is 11.9 Å². The van der Waals surface area contributed by atoms with Crippen molar-refractivity contribution < 1.29 is 0 Å². The van der Waals surface area contributed by atoms with Gasteiger partial charge in [0.2, 0.25) is 0 Å². The van der Waals surface area contributed by atoms with Gasteiger partial charge in [-0.3, -0.25) is 0 Å². The molecule has 3 aromatic rings. The summed E-state index contributed by atoms with van der Waals surface area (Å²) < 4.78 is 1.70. The molecule has 0 bridgehead atoms. The molecule has 0 spiro atoms. The van der Waals surface area contributed by atoms with Crippen LogP contribution < -0.4 is 5.32 Å². The van der Waals surface area contributed by atoms with Gasteiger partial charge in [0.1, 0.15) is 18.0 Å². The third kappa shape index (κ3) is 2.18. The molecule has 102 valence electrons. The maximum absolute atomic E-state index is 4.47. The van der Waals surface area contributed by atoms with Crippen molar-refractivity contribution in [1.82, 2.24) is 29.7 Å². The molecule has 0 saturated carbocycles. The molecule has 0 radical (unpaired) electrons. The van der Waals surface area contributed by atoms with Crippen LogP contribution in [0.3, 0.4) is 0 Å². The summed E-state index contributed by atoms with van der Waals surface area (Å²) in [5, 5.41) is 8.56. The van der Waals surface area contributed by atoms with Crippen molar-refractivity contribution in [2.24, 2.45) is 0 Å². The second kappa shape index (κ2) is 5.20. The van der Waals surface area contributed by atoms with Crippen molar-refractivity contribution >= 4 is 16.9 Å². The predicted molar refractivity (Wildman–Crippen MR) is 75.8 cm³/mol. The summed E-state index contributed by atoms with van der Waals surface area (Å²) in [4.78, 5) is 17.0. The Morgan fingerprint density at radius 2 is 2.20 bits per heavy atom. The first-order chi connectivity index (χ1) is 9.79. The molecular formula is C13H15N7. The number of nitrogens with one attached hydrogen (secondary N) is 1. The van der Waals surface area contributed by atoms with Crippen LogP contribution in [-0.4, -0.2) is 36.3 Å². The summed E-state index contributed by atoms with van der Waals surface area (Å²) in [6, 6.07) is 1.79. The standard InChI is InChI=1S/C13H15N7/c1-3-5-15-12-10-7-17-20(11-4-6-14-8-16-11)13(10)19-9(2)18-12/h4,6-8H,3,5H2,1-2H3,(H,15,18,19). The van der Waals surface area contributed by atoms with Crippen LogP contribution in [0.5, 0.6) is 0 Å². The fraction of sp³-hybridized carbons (Fsp3) is 0.308. The monoisotopic (exact) mass is 269 g/mol. The lowest BCUT2D eigenvalue weighted by Gasteiger charge is -2.06. The second-order valence-electron chi connectivity index (χ2n) is 4.41. The average Bonchev–Trinajstić information content (AvgIpc) is 2.89. The maximum atomic E-state index is 4.47. The fourth-order valence-corrected chi connectivity index (χ4v) is 1.97. The molecule has 0 unspecified atom stereocenters. The number of fused-ring (bicyclic) bond motifs is 1. The van der Waals surface area contributed by atoms with E-state index < -0.39 is 0 Å². The highest BCUT2D eigenvalue weighted by molar-refractivity contribution is 5.87. The van der Waals surface area contributed by atoms with Crippen LogP contribution in [0.1, 0.15) is 19.2 Å². The van der Waals surface area contributed by atoms with Gasteiger partial charge in [-0.2, -0.15) is 9.78 Å². The Kier molecular flexibility index (Phi) is 3.24. The molecule has 20 heavy (non-hydrogen) atoms. The Morgan fingerprint density at radius 1 is 1.30 bits per heavy atom. The van der Waals surface area contributed by atoms with Crippen LogP contribution in [0.15, 0.2) is 24.8 Å². The van der Waals surface area contributed by atoms with E-state index >= 15 is 0 Å². The second-order valence-corrected chi connectivity index (χ2v) is 4.41. The van der Waals surface area contributed by atoms with Crippen LogP contribution in [0.2, 0.25) is 0 Å². The lowest BCUT2D eigenvalue weighted by molar-refractivity contribution is 0.850. The van der Waals surface area contributed by atoms with Crippen molar-refractivity contribution in [3.05, 3.63) is 30.6 Å². The molecular weight excluding hydrogens is 254 g/mol. The Labute approximate surface area is 116 Å². The number of rotatable bonds is 4. The van der Waals surface area contributed by atoms with E-state index in [4.69, 9.17) is 0 Å². The van der Waals surface area contributed by atoms with Gasteiger partial charge >= 0.3 is 0 Å². The summed E-state index contributed by atoms with van der Waals surface area (Å²) in [5.41, 5.74) is 0.745. The third-order valence-electron chi connectivity index (χ3n) is 2.87. The zero-order valence-corrected chi connectivity index (χ0v) is 11.4. The number of anilines is 1. The summed E-state index contributed by atoms with van der Waals surface area (Å²) in [6.45, 7) is 4.85. The molecule has 3 heterocycles. The zero-order chi connectivity index (χ0) is 13.9. The summed E-state index contributed by atoms with van der Waals surface area (Å²) in [5.74, 6) is 2.20. The topological polar surface area (TPSA) is 81.4 Å². The molecule has 0 aliphatic heterocycles. The van der Waals surface area contributed by atoms with Gasteiger partial charge in [0, 0.05) is 18.8 Å². The summed E-state index contributed by atoms with van der Waals surface area (Å²) >= 11 is 0. The largest absolute Gasteiger partial charge is 0.369 e. The maximum Gasteiger partial charge on any atom is 0.170 e. The van der Waals surface area contributed by atoms with Gasteiger partial charge in [0.15, 0.2) is 11.5 Å². The summed E-state index contributed by atoms with van der Waals surface area (Å²) in [6.07, 6.45) is 5.97. The molecule has 0 aromatic carbocycles. The highest BCUT2D eigenvalue weighted by Gasteiger charge is 2.12. The van der Waals surface area contributed by atoms with E-state index in [1.54, 1.807) is 23.1 Å². The van der Waals surface area contributed by atoms with Gasteiger partial charge in [-0.1, -0.05) is 6.92 Å². The molecule has 0 fully saturated rings. The molecule has 0 aliphatic rings. The first-order valence-electron chi connectivity index (χ1n) is 6.52. The molecule has 1 N–H and O–H groups in total. The Bertz CT molecular complexity index is 720. The van der Waals surface area contributed by atoms with Crippen LogP contribution in [0.4, 0.5) is 5.82 Å². The Hall–Kier alpha value is -2.57. The highest BCUT2D eigenvalue weighted by atomic mass is 15.3. The Morgan fingerprint density at radius 3 is 2.95 bits per heavy atom. The normalized spacial score (nSPS) is 10.9. The van der Waals surface area contributed by atoms with Crippen LogP contribution >= 0.6 is 0 Å². The molecule has 7 nitrogen and oxygen atoms in total. The fourth-order valence-electron chi connectivity index (χ4n) is 1.97. The van der Waals surface area contributed by atoms with Gasteiger partial charge in [0.05, 0.1) is 11.6 Å². The molecule has 3 aromatic heterocycles. The lowest BCUT2D eigenvalue weighted by Crippen LogP contribution is -2.06. The minimum atomic E-state index is 0.689. The van der Waals surface area contributed by atoms with E-state index in [9.17, 15) is 0 Å². The predicted octanol–water partition coefficient (Wildman–Crippen LogP) is 1.74. The number of hydrogen-bond acceptors (Lipinski definition) is 6. The SMILES string of the molecule is CCCNc1nc(C)nc2c1cnn2-c1ccncn1. The van der Waals surface area contributed by atoms with E-state index in [-0.39, 0.29) is 0 Å². The van der Waals surface area contributed by atoms with E-state index in [1.807, 2.05) is 6.92 Å². The quantitative estimate of drug-likeness (QED) is 0.777. The molecule has 0 amide bonds. The van der Waals surface area contributed by atoms with E-state index in [0.717, 1.165) is 29.8 Å². The molecule has 7 heteroatoms. The van der Waals surface area contributed by atoms with Crippen molar-refractivity contribution in [3.8, 4) is 5.82 Å². The first-order valence-corrected chi connectivity index (χ1v) is 6.52. The minimum absolute atomic E-state index is 0.689. The molecule has 3 rings (SSSR count). The zero-order valence-electron chi connectivity index (χ0n) is 11.4. The highest BCUT2D eigenvalue weighted by Crippen LogP contribution is 2.21. The lowest BCUT2D eigenvalue weighted by atomic mass is 10.3. The minimum Gasteiger partial charge on any atom is -0.369 e. The van der Waals surface area contributed by atoms with Crippen molar-refractivity contribution in [1.29, 1.82) is 0 Å². The first kappa shape index (κ1) is 12.5. The van der Waals surface area contributed by atoms with Crippen LogP contribution in [-0.2, 0) is 0 Å². The van der Waals surface area contributed by atoms with Crippen molar-refractivity contribution in [3.63, 3.8) is 0 Å². The molecule has 0 aliphatic carbocycles. The third-order valence-corrected chi connectivity index (χ3v) is 2.87. The Balaban J connectivity index is 2.15. The number of hydrogen-bond donors (Lipinski definition) is 1. The number of nitrogens with zero attached hydrogens (tertiary/aromatic N) is 6.